The molecule has 0 aliphatic rings. The Hall–Kier alpha value is -10.3. The van der Waals surface area contributed by atoms with Gasteiger partial charge in [0.15, 0.2) is 0 Å². The Morgan fingerprint density at radius 2 is 0.598 bits per heavy atom. The molecule has 0 saturated heterocycles. The average molecular weight is 1200 g/mol. The van der Waals surface area contributed by atoms with Crippen molar-refractivity contribution in [3.63, 3.8) is 0 Å². The highest BCUT2D eigenvalue weighted by Gasteiger charge is 2.29. The van der Waals surface area contributed by atoms with Gasteiger partial charge in [0.2, 0.25) is 0 Å². The van der Waals surface area contributed by atoms with E-state index in [1.165, 1.54) is 66.2 Å². The van der Waals surface area contributed by atoms with Crippen LogP contribution in [0, 0.1) is 0 Å². The van der Waals surface area contributed by atoms with Gasteiger partial charge in [-0.3, -0.25) is 0 Å². The molecule has 0 aliphatic carbocycles. The predicted molar refractivity (Wildman–Crippen MR) is 391 cm³/mol. The minimum atomic E-state index is -0.0370. The third kappa shape index (κ3) is 9.36. The summed E-state index contributed by atoms with van der Waals surface area (Å²) in [6, 6.07) is 89.7. The van der Waals surface area contributed by atoms with Gasteiger partial charge in [-0.15, -0.1) is 0 Å². The highest BCUT2D eigenvalue weighted by molar-refractivity contribution is 6.20. The van der Waals surface area contributed by atoms with Crippen molar-refractivity contribution in [3.8, 4) is 11.4 Å². The van der Waals surface area contributed by atoms with E-state index in [1.807, 2.05) is 0 Å². The molecule has 4 aromatic heterocycles. The third-order valence-electron chi connectivity index (χ3n) is 19.2. The Bertz CT molecular complexity index is 5210. The molecule has 0 aliphatic heterocycles. The van der Waals surface area contributed by atoms with Gasteiger partial charge < -0.3 is 27.8 Å². The maximum atomic E-state index is 6.87. The lowest BCUT2D eigenvalue weighted by Crippen LogP contribution is -2.17. The topological polar surface area (TPSA) is 42.6 Å². The minimum Gasteiger partial charge on any atom is -0.456 e. The zero-order valence-corrected chi connectivity index (χ0v) is 54.7. The van der Waals surface area contributed by atoms with Crippen molar-refractivity contribution in [1.82, 2.24) is 9.13 Å². The Morgan fingerprint density at radius 1 is 0.261 bits per heavy atom. The van der Waals surface area contributed by atoms with E-state index in [4.69, 9.17) is 8.83 Å². The van der Waals surface area contributed by atoms with E-state index in [0.717, 1.165) is 99.8 Å². The maximum absolute atomic E-state index is 6.87. The molecular weight excluding hydrogens is 1120 g/mol. The van der Waals surface area contributed by atoms with Crippen molar-refractivity contribution in [2.45, 2.75) is 105 Å². The van der Waals surface area contributed by atoms with Crippen molar-refractivity contribution >= 4 is 132 Å². The normalized spacial score (nSPS) is 12.8. The van der Waals surface area contributed by atoms with E-state index in [0.29, 0.717) is 0 Å². The van der Waals surface area contributed by atoms with Crippen LogP contribution in [0.4, 0.5) is 34.1 Å². The number of benzene rings is 12. The summed E-state index contributed by atoms with van der Waals surface area (Å²) in [6.07, 6.45) is 0. The van der Waals surface area contributed by atoms with Gasteiger partial charge in [-0.2, -0.15) is 0 Å². The number of furan rings is 2. The molecule has 6 nitrogen and oxygen atoms in total. The standard InChI is InChI=1S/C86H76N4O2/c1-83(2,3)55-45-56(84(4,5)6)48-63(47-55)89-71-31-21-19-29-65(71)81-73(33-23-35-75(81)89)87(59-25-15-13-16-26-59)61-37-39-77-69(51-61)67-41-53-44-80-68(42-54(53)43-79(67)91-77)70-52-62(38-40-78(70)92-80)88(60-27-17-14-18-28-60)74-34-24-36-76-82(74)66-30-20-22-32-72(66)90(76)64-49-57(85(7,8)9)46-58(50-64)86(10,11)12/h13-52H,1-12H3. The third-order valence-corrected chi connectivity index (χ3v) is 19.2. The molecule has 16 rings (SSSR count). The summed E-state index contributed by atoms with van der Waals surface area (Å²) in [5.41, 5.74) is 21.9. The molecule has 0 saturated carbocycles. The molecule has 6 heteroatoms. The van der Waals surface area contributed by atoms with E-state index >= 15 is 0 Å². The van der Waals surface area contributed by atoms with Gasteiger partial charge in [-0.1, -0.05) is 180 Å². The van der Waals surface area contributed by atoms with Crippen molar-refractivity contribution in [1.29, 1.82) is 0 Å². The lowest BCUT2D eigenvalue weighted by atomic mass is 9.80. The molecule has 92 heavy (non-hydrogen) atoms. The summed E-state index contributed by atoms with van der Waals surface area (Å²) in [6.45, 7) is 27.8. The van der Waals surface area contributed by atoms with Gasteiger partial charge in [0.25, 0.3) is 0 Å². The molecule has 0 bridgehead atoms. The number of rotatable bonds is 8. The predicted octanol–water partition coefficient (Wildman–Crippen LogP) is 25.0. The molecule has 0 unspecified atom stereocenters. The summed E-state index contributed by atoms with van der Waals surface area (Å²) in [7, 11) is 0. The van der Waals surface area contributed by atoms with Gasteiger partial charge in [0.05, 0.1) is 33.4 Å². The quantitative estimate of drug-likeness (QED) is 0.152. The molecule has 0 atom stereocenters. The van der Waals surface area contributed by atoms with Crippen LogP contribution < -0.4 is 9.80 Å². The summed E-state index contributed by atoms with van der Waals surface area (Å²) < 4.78 is 18.7. The van der Waals surface area contributed by atoms with Gasteiger partial charge in [0.1, 0.15) is 22.3 Å². The van der Waals surface area contributed by atoms with Crippen LogP contribution in [0.15, 0.2) is 251 Å². The molecule has 0 amide bonds. The average Bonchev–Trinajstić information content (AvgIpc) is 1.57. The second kappa shape index (κ2) is 20.6. The van der Waals surface area contributed by atoms with E-state index in [2.05, 4.69) is 345 Å². The van der Waals surface area contributed by atoms with Gasteiger partial charge in [0, 0.05) is 77.2 Å². The summed E-state index contributed by atoms with van der Waals surface area (Å²) in [5.74, 6) is 0. The second-order valence-corrected chi connectivity index (χ2v) is 29.5. The van der Waals surface area contributed by atoms with Crippen LogP contribution in [0.5, 0.6) is 0 Å². The van der Waals surface area contributed by atoms with Crippen molar-refractivity contribution < 1.29 is 8.83 Å². The highest BCUT2D eigenvalue weighted by atomic mass is 16.3. The largest absolute Gasteiger partial charge is 0.456 e. The zero-order chi connectivity index (χ0) is 63.3. The molecule has 0 fully saturated rings. The Labute approximate surface area is 538 Å². The highest BCUT2D eigenvalue weighted by Crippen LogP contribution is 2.49. The van der Waals surface area contributed by atoms with Crippen LogP contribution in [0.3, 0.4) is 0 Å². The lowest BCUT2D eigenvalue weighted by molar-refractivity contribution is 0.567. The van der Waals surface area contributed by atoms with Crippen LogP contribution in [0.25, 0.3) is 110 Å². The lowest BCUT2D eigenvalue weighted by Gasteiger charge is -2.27. The molecule has 452 valence electrons. The van der Waals surface area contributed by atoms with Crippen LogP contribution >= 0.6 is 0 Å². The fourth-order valence-electron chi connectivity index (χ4n) is 14.2. The smallest absolute Gasteiger partial charge is 0.136 e. The first-order chi connectivity index (χ1) is 44.1. The number of hydrogen-bond acceptors (Lipinski definition) is 4. The molecular formula is C86H76N4O2. The first-order valence-corrected chi connectivity index (χ1v) is 32.5. The SMILES string of the molecule is CC(C)(C)c1cc(-n2c3ccccc3c3c(N(c4ccccc4)c4ccc5oc6cc7cc8c(cc7cc6c5c4)oc4ccc(N(c5ccccc5)c5cccc6c5c5ccccc5n6-c5cc(C(C)(C)C)cc(C(C)(C)C)c5)cc48)cccc32)cc(C(C)(C)C)c1. The Balaban J connectivity index is 0.827. The first-order valence-electron chi connectivity index (χ1n) is 32.5. The monoisotopic (exact) mass is 1200 g/mol. The van der Waals surface area contributed by atoms with Crippen LogP contribution in [0.2, 0.25) is 0 Å². The Morgan fingerprint density at radius 3 is 0.967 bits per heavy atom. The summed E-state index contributed by atoms with van der Waals surface area (Å²) in [5, 5.41) is 11.1. The first kappa shape index (κ1) is 56.9. The second-order valence-electron chi connectivity index (χ2n) is 29.5. The van der Waals surface area contributed by atoms with Crippen LogP contribution in [0.1, 0.15) is 105 Å². The number of aromatic nitrogens is 2. The van der Waals surface area contributed by atoms with Crippen molar-refractivity contribution in [2.75, 3.05) is 9.80 Å². The number of nitrogens with zero attached hydrogens (tertiary/aromatic N) is 4. The van der Waals surface area contributed by atoms with Crippen molar-refractivity contribution in [2.24, 2.45) is 0 Å². The maximum Gasteiger partial charge on any atom is 0.136 e. The van der Waals surface area contributed by atoms with E-state index < -0.39 is 0 Å². The number of hydrogen-bond donors (Lipinski definition) is 0. The molecule has 0 radical (unpaired) electrons. The molecule has 12 aromatic carbocycles. The number of fused-ring (bicyclic) bond motifs is 13. The van der Waals surface area contributed by atoms with Crippen LogP contribution in [-0.4, -0.2) is 9.13 Å². The molecule has 0 N–H and O–H groups in total. The van der Waals surface area contributed by atoms with Gasteiger partial charge >= 0.3 is 0 Å². The van der Waals surface area contributed by atoms with Crippen LogP contribution in [-0.2, 0) is 21.7 Å². The number of anilines is 6. The summed E-state index contributed by atoms with van der Waals surface area (Å²) >= 11 is 0. The molecule has 16 aromatic rings. The van der Waals surface area contributed by atoms with E-state index in [-0.39, 0.29) is 21.7 Å². The molecule has 0 spiro atoms. The number of para-hydroxylation sites is 4. The van der Waals surface area contributed by atoms with Gasteiger partial charge in [-0.05, 0) is 200 Å². The fraction of sp³-hybridized carbons (Fsp3) is 0.186. The summed E-state index contributed by atoms with van der Waals surface area (Å²) in [4.78, 5) is 4.84. The van der Waals surface area contributed by atoms with E-state index in [1.54, 1.807) is 0 Å². The molecule has 4 heterocycles. The Kier molecular flexibility index (Phi) is 12.7. The fourth-order valence-corrected chi connectivity index (χ4v) is 14.2. The zero-order valence-electron chi connectivity index (χ0n) is 54.7. The van der Waals surface area contributed by atoms with Crippen molar-refractivity contribution in [3.05, 3.63) is 265 Å². The van der Waals surface area contributed by atoms with E-state index in [9.17, 15) is 0 Å². The minimum absolute atomic E-state index is 0.0370. The van der Waals surface area contributed by atoms with Gasteiger partial charge in [-0.25, -0.2) is 0 Å².